The Morgan fingerprint density at radius 1 is 1.00 bits per heavy atom. The number of thioether (sulfide) groups is 3. The Hall–Kier alpha value is 0.460. The number of allylic oxidation sites excluding steroid dienone is 1. The normalized spacial score (nSPS) is 14.6. The predicted octanol–water partition coefficient (Wildman–Crippen LogP) is 3.34. The van der Waals surface area contributed by atoms with E-state index in [4.69, 9.17) is 0 Å². The smallest absolute Gasteiger partial charge is 0.104 e. The van der Waals surface area contributed by atoms with Crippen molar-refractivity contribution in [2.45, 2.75) is 6.92 Å². The monoisotopic (exact) mass is 221 g/mol. The molecule has 0 radical (unpaired) electrons. The molecule has 0 heterocycles. The Labute approximate surface area is 87.9 Å². The molecule has 1 nitrogen and oxygen atoms in total. The van der Waals surface area contributed by atoms with Gasteiger partial charge in [0, 0.05) is 12.0 Å². The van der Waals surface area contributed by atoms with E-state index in [9.17, 15) is 0 Å². The molecule has 0 spiro atoms. The molecule has 0 fully saturated rings. The van der Waals surface area contributed by atoms with Crippen molar-refractivity contribution in [1.82, 2.24) is 0 Å². The lowest BCUT2D eigenvalue weighted by Gasteiger charge is -2.08. The van der Waals surface area contributed by atoms with Crippen LogP contribution in [0.4, 0.5) is 0 Å². The van der Waals surface area contributed by atoms with E-state index in [1.54, 1.807) is 35.3 Å². The van der Waals surface area contributed by atoms with Crippen molar-refractivity contribution in [3.05, 3.63) is 9.81 Å². The fraction of sp³-hybridized carbons (Fsp3) is 0.625. The van der Waals surface area contributed by atoms with Crippen LogP contribution in [0.1, 0.15) is 6.92 Å². The van der Waals surface area contributed by atoms with Crippen molar-refractivity contribution in [3.8, 4) is 0 Å². The van der Waals surface area contributed by atoms with Crippen molar-refractivity contribution in [3.63, 3.8) is 0 Å². The number of hydrogen-bond acceptors (Lipinski definition) is 4. The Kier molecular flexibility index (Phi) is 7.19. The van der Waals surface area contributed by atoms with Crippen LogP contribution in [0.2, 0.25) is 0 Å². The topological polar surface area (TPSA) is 12.4 Å². The molecule has 0 saturated carbocycles. The zero-order chi connectivity index (χ0) is 9.56. The molecule has 0 N–H and O–H groups in total. The highest BCUT2D eigenvalue weighted by Crippen LogP contribution is 2.28. The standard InChI is InChI=1S/C8H15NS3/c1-6(10-3)7(11-4)8(9-2)12-5/h1-5H3. The molecule has 0 atom stereocenters. The third-order valence-corrected chi connectivity index (χ3v) is 4.18. The molecule has 0 unspecified atom stereocenters. The molecule has 0 rings (SSSR count). The minimum atomic E-state index is 1.13. The first-order valence-corrected chi connectivity index (χ1v) is 7.18. The van der Waals surface area contributed by atoms with E-state index >= 15 is 0 Å². The van der Waals surface area contributed by atoms with Crippen LogP contribution in [0.25, 0.3) is 0 Å². The minimum absolute atomic E-state index is 1.13. The molecule has 0 aliphatic heterocycles. The lowest BCUT2D eigenvalue weighted by molar-refractivity contribution is 1.46. The van der Waals surface area contributed by atoms with E-state index in [1.165, 1.54) is 9.81 Å². The fourth-order valence-electron chi connectivity index (χ4n) is 0.760. The van der Waals surface area contributed by atoms with Crippen LogP contribution in [-0.2, 0) is 0 Å². The first-order valence-electron chi connectivity index (χ1n) is 3.51. The van der Waals surface area contributed by atoms with E-state index in [-0.39, 0.29) is 0 Å². The highest BCUT2D eigenvalue weighted by molar-refractivity contribution is 8.17. The van der Waals surface area contributed by atoms with Crippen LogP contribution in [0, 0.1) is 0 Å². The number of nitrogens with zero attached hydrogens (tertiary/aromatic N) is 1. The number of aliphatic imine (C=N–C) groups is 1. The zero-order valence-electron chi connectivity index (χ0n) is 8.17. The molecule has 0 saturated heterocycles. The van der Waals surface area contributed by atoms with E-state index < -0.39 is 0 Å². The van der Waals surface area contributed by atoms with Gasteiger partial charge in [-0.1, -0.05) is 0 Å². The summed E-state index contributed by atoms with van der Waals surface area (Å²) >= 11 is 5.25. The molecule has 0 aliphatic carbocycles. The summed E-state index contributed by atoms with van der Waals surface area (Å²) < 4.78 is 0. The molecule has 70 valence electrons. The highest BCUT2D eigenvalue weighted by Gasteiger charge is 2.06. The van der Waals surface area contributed by atoms with E-state index in [0.29, 0.717) is 0 Å². The van der Waals surface area contributed by atoms with Crippen LogP contribution in [-0.4, -0.2) is 30.9 Å². The van der Waals surface area contributed by atoms with Crippen molar-refractivity contribution in [2.75, 3.05) is 25.8 Å². The fourth-order valence-corrected chi connectivity index (χ4v) is 3.18. The van der Waals surface area contributed by atoms with Gasteiger partial charge >= 0.3 is 0 Å². The molecule has 0 aliphatic rings. The molecule has 4 heteroatoms. The van der Waals surface area contributed by atoms with Gasteiger partial charge in [0.15, 0.2) is 0 Å². The van der Waals surface area contributed by atoms with Crippen LogP contribution >= 0.6 is 35.3 Å². The lowest BCUT2D eigenvalue weighted by atomic mass is 10.5. The quantitative estimate of drug-likeness (QED) is 0.536. The van der Waals surface area contributed by atoms with Gasteiger partial charge in [0.1, 0.15) is 5.04 Å². The molecular weight excluding hydrogens is 206 g/mol. The van der Waals surface area contributed by atoms with Gasteiger partial charge in [-0.15, -0.1) is 35.3 Å². The van der Waals surface area contributed by atoms with Gasteiger partial charge in [-0.2, -0.15) is 0 Å². The zero-order valence-corrected chi connectivity index (χ0v) is 10.6. The molecule has 0 aromatic rings. The first-order chi connectivity index (χ1) is 5.71. The second-order valence-electron chi connectivity index (χ2n) is 2.03. The molecular formula is C8H15NS3. The summed E-state index contributed by atoms with van der Waals surface area (Å²) in [6.45, 7) is 2.14. The van der Waals surface area contributed by atoms with Gasteiger partial charge in [0.05, 0.1) is 0 Å². The van der Waals surface area contributed by atoms with Gasteiger partial charge in [0.25, 0.3) is 0 Å². The summed E-state index contributed by atoms with van der Waals surface area (Å²) in [4.78, 5) is 6.88. The summed E-state index contributed by atoms with van der Waals surface area (Å²) in [5.41, 5.74) is 0. The second-order valence-corrected chi connectivity index (χ2v) is 4.66. The Balaban J connectivity index is 4.76. The maximum Gasteiger partial charge on any atom is 0.104 e. The summed E-state index contributed by atoms with van der Waals surface area (Å²) in [6, 6.07) is 0. The highest BCUT2D eigenvalue weighted by atomic mass is 32.2. The lowest BCUT2D eigenvalue weighted by Crippen LogP contribution is -1.95. The van der Waals surface area contributed by atoms with Crippen molar-refractivity contribution < 1.29 is 0 Å². The van der Waals surface area contributed by atoms with Crippen molar-refractivity contribution >= 4 is 40.3 Å². The van der Waals surface area contributed by atoms with Gasteiger partial charge in [0.2, 0.25) is 0 Å². The molecule has 0 aromatic heterocycles. The average molecular weight is 221 g/mol. The minimum Gasteiger partial charge on any atom is -0.281 e. The summed E-state index contributed by atoms with van der Waals surface area (Å²) in [7, 11) is 1.84. The molecule has 12 heavy (non-hydrogen) atoms. The van der Waals surface area contributed by atoms with E-state index in [0.717, 1.165) is 5.04 Å². The maximum atomic E-state index is 4.23. The largest absolute Gasteiger partial charge is 0.281 e. The molecule has 0 bridgehead atoms. The summed E-state index contributed by atoms with van der Waals surface area (Å²) in [5.74, 6) is 0. The molecule has 0 amide bonds. The number of rotatable bonds is 3. The van der Waals surface area contributed by atoms with Crippen molar-refractivity contribution in [2.24, 2.45) is 4.99 Å². The third-order valence-electron chi connectivity index (χ3n) is 1.42. The second kappa shape index (κ2) is 6.92. The Morgan fingerprint density at radius 2 is 1.58 bits per heavy atom. The van der Waals surface area contributed by atoms with Gasteiger partial charge in [-0.05, 0) is 30.6 Å². The van der Waals surface area contributed by atoms with E-state index in [2.05, 4.69) is 30.7 Å². The Morgan fingerprint density at radius 3 is 1.83 bits per heavy atom. The summed E-state index contributed by atoms with van der Waals surface area (Å²) in [6.07, 6.45) is 6.25. The van der Waals surface area contributed by atoms with Crippen molar-refractivity contribution in [1.29, 1.82) is 0 Å². The number of hydrogen-bond donors (Lipinski definition) is 0. The van der Waals surface area contributed by atoms with Crippen LogP contribution < -0.4 is 0 Å². The van der Waals surface area contributed by atoms with Gasteiger partial charge < -0.3 is 0 Å². The van der Waals surface area contributed by atoms with Crippen LogP contribution in [0.5, 0.6) is 0 Å². The maximum absolute atomic E-state index is 4.23. The van der Waals surface area contributed by atoms with Crippen LogP contribution in [0.3, 0.4) is 0 Å². The van der Waals surface area contributed by atoms with Gasteiger partial charge in [-0.3, -0.25) is 4.99 Å². The molecule has 0 aromatic carbocycles. The Bertz CT molecular complexity index is 189. The SMILES string of the molecule is CN=C(SC)C(SC)=C(C)SC. The predicted molar refractivity (Wildman–Crippen MR) is 66.6 cm³/mol. The summed E-state index contributed by atoms with van der Waals surface area (Å²) in [5, 5.41) is 1.13. The van der Waals surface area contributed by atoms with E-state index in [1.807, 2.05) is 7.05 Å². The average Bonchev–Trinajstić information content (AvgIpc) is 2.12. The van der Waals surface area contributed by atoms with Gasteiger partial charge in [-0.25, -0.2) is 0 Å². The first kappa shape index (κ1) is 12.5. The third kappa shape index (κ3) is 3.46. The van der Waals surface area contributed by atoms with Crippen LogP contribution in [0.15, 0.2) is 14.8 Å².